The summed E-state index contributed by atoms with van der Waals surface area (Å²) in [5, 5.41) is 7.27. The van der Waals surface area contributed by atoms with E-state index in [0.29, 0.717) is 11.5 Å². The summed E-state index contributed by atoms with van der Waals surface area (Å²) < 4.78 is 0. The van der Waals surface area contributed by atoms with Gasteiger partial charge in [0.25, 0.3) is 0 Å². The summed E-state index contributed by atoms with van der Waals surface area (Å²) in [6.45, 7) is 10.2. The number of piperidine rings is 1. The highest BCUT2D eigenvalue weighted by molar-refractivity contribution is 7.11. The highest BCUT2D eigenvalue weighted by Crippen LogP contribution is 2.29. The van der Waals surface area contributed by atoms with Gasteiger partial charge in [-0.2, -0.15) is 0 Å². The van der Waals surface area contributed by atoms with Crippen molar-refractivity contribution < 1.29 is 0 Å². The molecule has 0 aliphatic carbocycles. The van der Waals surface area contributed by atoms with Crippen LogP contribution in [0, 0.1) is 5.41 Å². The summed E-state index contributed by atoms with van der Waals surface area (Å²) in [7, 11) is 0. The molecule has 18 heavy (non-hydrogen) atoms. The Morgan fingerprint density at radius 3 is 2.83 bits per heavy atom. The molecule has 0 radical (unpaired) electrons. The zero-order valence-corrected chi connectivity index (χ0v) is 12.7. The lowest BCUT2D eigenvalue weighted by molar-refractivity contribution is 0.176. The van der Waals surface area contributed by atoms with Gasteiger partial charge in [-0.05, 0) is 43.4 Å². The van der Waals surface area contributed by atoms with E-state index in [-0.39, 0.29) is 0 Å². The second-order valence-corrected chi connectivity index (χ2v) is 7.20. The van der Waals surface area contributed by atoms with Crippen molar-refractivity contribution in [1.82, 2.24) is 10.6 Å². The summed E-state index contributed by atoms with van der Waals surface area (Å²) in [4.78, 5) is 2.95. The highest BCUT2D eigenvalue weighted by atomic mass is 32.1. The Morgan fingerprint density at radius 1 is 1.39 bits per heavy atom. The minimum atomic E-state index is 0.426. The van der Waals surface area contributed by atoms with Gasteiger partial charge in [0.15, 0.2) is 0 Å². The minimum absolute atomic E-state index is 0.426. The van der Waals surface area contributed by atoms with Gasteiger partial charge in [0.1, 0.15) is 0 Å². The molecule has 2 rings (SSSR count). The molecular formula is C15H26N2S. The number of rotatable bonds is 5. The maximum absolute atomic E-state index is 3.65. The van der Waals surface area contributed by atoms with Crippen LogP contribution in [0.2, 0.25) is 0 Å². The van der Waals surface area contributed by atoms with E-state index in [2.05, 4.69) is 43.5 Å². The van der Waals surface area contributed by atoms with Gasteiger partial charge in [-0.1, -0.05) is 20.8 Å². The van der Waals surface area contributed by atoms with E-state index in [1.54, 1.807) is 0 Å². The summed E-state index contributed by atoms with van der Waals surface area (Å²) in [5.74, 6) is 0. The maximum atomic E-state index is 3.65. The normalized spacial score (nSPS) is 23.2. The summed E-state index contributed by atoms with van der Waals surface area (Å²) in [6, 6.07) is 5.12. The fraction of sp³-hybridized carbons (Fsp3) is 0.733. The summed E-state index contributed by atoms with van der Waals surface area (Å²) in [5.41, 5.74) is 0.426. The van der Waals surface area contributed by atoms with Crippen LogP contribution >= 0.6 is 11.3 Å². The van der Waals surface area contributed by atoms with Crippen LogP contribution < -0.4 is 10.6 Å². The standard InChI is InChI=1S/C15H26N2S/c1-4-12-6-7-13(18-12)10-16-11-14-15(2,3)8-5-9-17-14/h6-7,14,16-17H,4-5,8-11H2,1-3H3. The number of hydrogen-bond donors (Lipinski definition) is 2. The molecule has 2 nitrogen and oxygen atoms in total. The number of aryl methyl sites for hydroxylation is 1. The second-order valence-electron chi connectivity index (χ2n) is 5.95. The van der Waals surface area contributed by atoms with Crippen LogP contribution in [0.4, 0.5) is 0 Å². The number of hydrogen-bond acceptors (Lipinski definition) is 3. The van der Waals surface area contributed by atoms with Crippen LogP contribution in [0.5, 0.6) is 0 Å². The van der Waals surface area contributed by atoms with Crippen LogP contribution in [0.25, 0.3) is 0 Å². The van der Waals surface area contributed by atoms with Gasteiger partial charge in [0.05, 0.1) is 0 Å². The Kier molecular flexibility index (Phi) is 4.82. The molecule has 1 aromatic heterocycles. The first-order valence-electron chi connectivity index (χ1n) is 7.13. The Labute approximate surface area is 115 Å². The van der Waals surface area contributed by atoms with Gasteiger partial charge in [-0.3, -0.25) is 0 Å². The van der Waals surface area contributed by atoms with Crippen molar-refractivity contribution in [3.8, 4) is 0 Å². The maximum Gasteiger partial charge on any atom is 0.0300 e. The van der Waals surface area contributed by atoms with Gasteiger partial charge in [0.2, 0.25) is 0 Å². The first kappa shape index (κ1) is 14.0. The van der Waals surface area contributed by atoms with Crippen molar-refractivity contribution in [2.45, 2.75) is 52.6 Å². The Morgan fingerprint density at radius 2 is 2.17 bits per heavy atom. The molecule has 1 saturated heterocycles. The van der Waals surface area contributed by atoms with E-state index in [0.717, 1.165) is 19.5 Å². The molecule has 0 saturated carbocycles. The Balaban J connectivity index is 1.77. The van der Waals surface area contributed by atoms with Crippen molar-refractivity contribution in [2.24, 2.45) is 5.41 Å². The van der Waals surface area contributed by atoms with Crippen LogP contribution in [0.15, 0.2) is 12.1 Å². The average Bonchev–Trinajstić information content (AvgIpc) is 2.79. The Bertz CT molecular complexity index is 370. The summed E-state index contributed by atoms with van der Waals surface area (Å²) >= 11 is 1.94. The van der Waals surface area contributed by atoms with Crippen molar-refractivity contribution in [3.63, 3.8) is 0 Å². The van der Waals surface area contributed by atoms with E-state index < -0.39 is 0 Å². The molecule has 102 valence electrons. The molecule has 1 aliphatic heterocycles. The molecule has 0 bridgehead atoms. The third kappa shape index (κ3) is 3.56. The van der Waals surface area contributed by atoms with Gasteiger partial charge >= 0.3 is 0 Å². The molecular weight excluding hydrogens is 240 g/mol. The van der Waals surface area contributed by atoms with E-state index in [9.17, 15) is 0 Å². The van der Waals surface area contributed by atoms with E-state index in [1.165, 1.54) is 29.1 Å². The van der Waals surface area contributed by atoms with E-state index >= 15 is 0 Å². The molecule has 0 spiro atoms. The monoisotopic (exact) mass is 266 g/mol. The molecule has 1 aliphatic rings. The molecule has 1 fully saturated rings. The molecule has 1 atom stereocenters. The quantitative estimate of drug-likeness (QED) is 0.855. The topological polar surface area (TPSA) is 24.1 Å². The van der Waals surface area contributed by atoms with Crippen LogP contribution in [-0.4, -0.2) is 19.1 Å². The van der Waals surface area contributed by atoms with Crippen molar-refractivity contribution >= 4 is 11.3 Å². The molecule has 1 unspecified atom stereocenters. The number of thiophene rings is 1. The molecule has 2 heterocycles. The SMILES string of the molecule is CCc1ccc(CNCC2NCCCC2(C)C)s1. The van der Waals surface area contributed by atoms with Gasteiger partial charge in [0, 0.05) is 28.9 Å². The molecule has 3 heteroatoms. The fourth-order valence-electron chi connectivity index (χ4n) is 2.67. The van der Waals surface area contributed by atoms with Crippen molar-refractivity contribution in [2.75, 3.05) is 13.1 Å². The van der Waals surface area contributed by atoms with E-state index in [4.69, 9.17) is 0 Å². The van der Waals surface area contributed by atoms with Crippen LogP contribution in [0.3, 0.4) is 0 Å². The zero-order valence-electron chi connectivity index (χ0n) is 11.9. The predicted octanol–water partition coefficient (Wildman–Crippen LogP) is 3.18. The lowest BCUT2D eigenvalue weighted by atomic mass is 9.77. The first-order valence-corrected chi connectivity index (χ1v) is 7.95. The molecule has 0 aromatic carbocycles. The third-order valence-corrected chi connectivity index (χ3v) is 5.27. The van der Waals surface area contributed by atoms with Crippen molar-refractivity contribution in [1.29, 1.82) is 0 Å². The molecule has 2 N–H and O–H groups in total. The molecule has 0 amide bonds. The van der Waals surface area contributed by atoms with Crippen molar-refractivity contribution in [3.05, 3.63) is 21.9 Å². The third-order valence-electron chi connectivity index (χ3n) is 4.05. The summed E-state index contributed by atoms with van der Waals surface area (Å²) in [6.07, 6.45) is 3.81. The van der Waals surface area contributed by atoms with Crippen LogP contribution in [0.1, 0.15) is 43.4 Å². The largest absolute Gasteiger partial charge is 0.312 e. The molecule has 1 aromatic rings. The Hall–Kier alpha value is -0.380. The minimum Gasteiger partial charge on any atom is -0.312 e. The predicted molar refractivity (Wildman–Crippen MR) is 80.2 cm³/mol. The highest BCUT2D eigenvalue weighted by Gasteiger charge is 2.31. The lowest BCUT2D eigenvalue weighted by Crippen LogP contribution is -2.51. The van der Waals surface area contributed by atoms with Crippen LogP contribution in [-0.2, 0) is 13.0 Å². The first-order chi connectivity index (χ1) is 8.62. The average molecular weight is 266 g/mol. The zero-order chi connectivity index (χ0) is 13.0. The van der Waals surface area contributed by atoms with Gasteiger partial charge < -0.3 is 10.6 Å². The van der Waals surface area contributed by atoms with Gasteiger partial charge in [-0.25, -0.2) is 0 Å². The second kappa shape index (κ2) is 6.18. The lowest BCUT2D eigenvalue weighted by Gasteiger charge is -2.39. The smallest absolute Gasteiger partial charge is 0.0300 e. The van der Waals surface area contributed by atoms with Gasteiger partial charge in [-0.15, -0.1) is 11.3 Å². The van der Waals surface area contributed by atoms with E-state index in [1.807, 2.05) is 11.3 Å². The fourth-order valence-corrected chi connectivity index (χ4v) is 3.59. The number of nitrogens with one attached hydrogen (secondary N) is 2.